The van der Waals surface area contributed by atoms with E-state index >= 15 is 0 Å². The van der Waals surface area contributed by atoms with Gasteiger partial charge in [0.1, 0.15) is 0 Å². The van der Waals surface area contributed by atoms with E-state index in [2.05, 4.69) is 9.88 Å². The highest BCUT2D eigenvalue weighted by Crippen LogP contribution is 2.43. The number of rotatable bonds is 5. The number of carbonyl (C=O) groups excluding carboxylic acids is 1. The molecule has 2 heterocycles. The van der Waals surface area contributed by atoms with Gasteiger partial charge in [0.15, 0.2) is 11.5 Å². The Kier molecular flexibility index (Phi) is 5.75. The van der Waals surface area contributed by atoms with Gasteiger partial charge in [0.25, 0.3) is 0 Å². The number of hydrogen-bond donors (Lipinski definition) is 1. The predicted molar refractivity (Wildman–Crippen MR) is 119 cm³/mol. The van der Waals surface area contributed by atoms with Crippen LogP contribution in [0.1, 0.15) is 22.9 Å². The second-order valence-electron chi connectivity index (χ2n) is 7.48. The Morgan fingerprint density at radius 3 is 2.26 bits per heavy atom. The van der Waals surface area contributed by atoms with Crippen LogP contribution in [0.2, 0.25) is 0 Å². The summed E-state index contributed by atoms with van der Waals surface area (Å²) in [6.07, 6.45) is 2.04. The number of ether oxygens (including phenoxy) is 3. The average molecular weight is 421 g/mol. The van der Waals surface area contributed by atoms with Crippen molar-refractivity contribution in [2.24, 2.45) is 0 Å². The topological polar surface area (TPSA) is 65.0 Å². The van der Waals surface area contributed by atoms with Crippen molar-refractivity contribution in [3.63, 3.8) is 0 Å². The first-order chi connectivity index (χ1) is 15.0. The first-order valence-electron chi connectivity index (χ1n) is 10.1. The lowest BCUT2D eigenvalue weighted by molar-refractivity contribution is 0.181. The Hall–Kier alpha value is -3.61. The molecular formula is C24H27N3O4. The Labute approximate surface area is 182 Å². The van der Waals surface area contributed by atoms with Gasteiger partial charge in [0.05, 0.1) is 27.4 Å². The Bertz CT molecular complexity index is 1050. The largest absolute Gasteiger partial charge is 0.493 e. The second-order valence-corrected chi connectivity index (χ2v) is 7.48. The summed E-state index contributed by atoms with van der Waals surface area (Å²) >= 11 is 0. The van der Waals surface area contributed by atoms with Crippen molar-refractivity contribution in [3.8, 4) is 17.2 Å². The van der Waals surface area contributed by atoms with E-state index in [9.17, 15) is 4.79 Å². The van der Waals surface area contributed by atoms with Gasteiger partial charge in [-0.05, 0) is 48.9 Å². The SMILES string of the molecule is COc1cc([C@@H]2c3cccn3CCN2C(=O)Nc2ccc(C)cc2)cc(OC)c1OC. The number of aromatic nitrogens is 1. The van der Waals surface area contributed by atoms with Gasteiger partial charge in [0, 0.05) is 30.7 Å². The summed E-state index contributed by atoms with van der Waals surface area (Å²) in [6, 6.07) is 15.2. The minimum atomic E-state index is -0.303. The van der Waals surface area contributed by atoms with Gasteiger partial charge in [0.2, 0.25) is 5.75 Å². The maximum absolute atomic E-state index is 13.3. The molecule has 0 bridgehead atoms. The number of hydrogen-bond acceptors (Lipinski definition) is 4. The third-order valence-corrected chi connectivity index (χ3v) is 5.60. The number of fused-ring (bicyclic) bond motifs is 1. The van der Waals surface area contributed by atoms with Gasteiger partial charge >= 0.3 is 6.03 Å². The third kappa shape index (κ3) is 3.91. The van der Waals surface area contributed by atoms with Crippen molar-refractivity contribution in [1.82, 2.24) is 9.47 Å². The summed E-state index contributed by atoms with van der Waals surface area (Å²) in [5, 5.41) is 3.03. The number of benzene rings is 2. The summed E-state index contributed by atoms with van der Waals surface area (Å²) in [5.41, 5.74) is 3.82. The number of nitrogens with one attached hydrogen (secondary N) is 1. The lowest BCUT2D eigenvalue weighted by Gasteiger charge is -2.37. The van der Waals surface area contributed by atoms with Crippen LogP contribution in [0.25, 0.3) is 0 Å². The maximum Gasteiger partial charge on any atom is 0.322 e. The molecule has 1 aliphatic heterocycles. The molecule has 162 valence electrons. The van der Waals surface area contributed by atoms with E-state index in [1.54, 1.807) is 21.3 Å². The molecule has 2 amide bonds. The average Bonchev–Trinajstić information content (AvgIpc) is 3.27. The molecule has 7 nitrogen and oxygen atoms in total. The molecule has 2 aromatic carbocycles. The van der Waals surface area contributed by atoms with Crippen LogP contribution in [0.3, 0.4) is 0 Å². The zero-order valence-electron chi connectivity index (χ0n) is 18.2. The molecule has 1 aliphatic rings. The van der Waals surface area contributed by atoms with Crippen LogP contribution in [0.4, 0.5) is 10.5 Å². The Morgan fingerprint density at radius 1 is 0.968 bits per heavy atom. The molecule has 0 fully saturated rings. The van der Waals surface area contributed by atoms with Gasteiger partial charge in [-0.2, -0.15) is 0 Å². The van der Waals surface area contributed by atoms with E-state index in [0.29, 0.717) is 23.8 Å². The quantitative estimate of drug-likeness (QED) is 0.661. The highest BCUT2D eigenvalue weighted by atomic mass is 16.5. The van der Waals surface area contributed by atoms with Gasteiger partial charge in [-0.25, -0.2) is 4.79 Å². The van der Waals surface area contributed by atoms with E-state index in [4.69, 9.17) is 14.2 Å². The van der Waals surface area contributed by atoms with Crippen LogP contribution in [-0.4, -0.2) is 43.4 Å². The first kappa shape index (κ1) is 20.7. The molecule has 0 saturated carbocycles. The van der Waals surface area contributed by atoms with Crippen molar-refractivity contribution >= 4 is 11.7 Å². The number of anilines is 1. The number of urea groups is 1. The maximum atomic E-state index is 13.3. The van der Waals surface area contributed by atoms with Gasteiger partial charge in [-0.3, -0.25) is 0 Å². The highest BCUT2D eigenvalue weighted by molar-refractivity contribution is 5.90. The molecule has 7 heteroatoms. The van der Waals surface area contributed by atoms with Crippen molar-refractivity contribution in [2.75, 3.05) is 33.2 Å². The number of aryl methyl sites for hydroxylation is 1. The van der Waals surface area contributed by atoms with Crippen LogP contribution in [-0.2, 0) is 6.54 Å². The van der Waals surface area contributed by atoms with Crippen molar-refractivity contribution in [1.29, 1.82) is 0 Å². The standard InChI is InChI=1S/C24H27N3O4/c1-16-7-9-18(10-8-16)25-24(28)27-13-12-26-11-5-6-19(26)22(27)17-14-20(29-2)23(31-4)21(15-17)30-3/h5-11,14-15,22H,12-13H2,1-4H3,(H,25,28)/t22-/m1/s1. The fourth-order valence-corrected chi connectivity index (χ4v) is 4.04. The zero-order chi connectivity index (χ0) is 22.0. The monoisotopic (exact) mass is 421 g/mol. The van der Waals surface area contributed by atoms with E-state index < -0.39 is 0 Å². The van der Waals surface area contributed by atoms with E-state index in [0.717, 1.165) is 29.1 Å². The summed E-state index contributed by atoms with van der Waals surface area (Å²) < 4.78 is 18.7. The lowest BCUT2D eigenvalue weighted by atomic mass is 9.99. The summed E-state index contributed by atoms with van der Waals surface area (Å²) in [4.78, 5) is 15.2. The van der Waals surface area contributed by atoms with Gasteiger partial charge in [-0.1, -0.05) is 17.7 Å². The van der Waals surface area contributed by atoms with Crippen molar-refractivity contribution in [2.45, 2.75) is 19.5 Å². The smallest absolute Gasteiger partial charge is 0.322 e. The number of amides is 2. The van der Waals surface area contributed by atoms with E-state index in [1.165, 1.54) is 0 Å². The van der Waals surface area contributed by atoms with Gasteiger partial charge in [-0.15, -0.1) is 0 Å². The van der Waals surface area contributed by atoms with Crippen LogP contribution in [0.5, 0.6) is 17.2 Å². The predicted octanol–water partition coefficient (Wildman–Crippen LogP) is 4.46. The number of methoxy groups -OCH3 is 3. The Morgan fingerprint density at radius 2 is 1.65 bits per heavy atom. The molecule has 0 aliphatic carbocycles. The van der Waals surface area contributed by atoms with Crippen molar-refractivity contribution < 1.29 is 19.0 Å². The van der Waals surface area contributed by atoms with Crippen molar-refractivity contribution in [3.05, 3.63) is 71.5 Å². The van der Waals surface area contributed by atoms with E-state index in [1.807, 2.05) is 66.6 Å². The van der Waals surface area contributed by atoms with Crippen LogP contribution >= 0.6 is 0 Å². The molecule has 1 N–H and O–H groups in total. The Balaban J connectivity index is 1.75. The fraction of sp³-hybridized carbons (Fsp3) is 0.292. The molecule has 3 aromatic rings. The third-order valence-electron chi connectivity index (χ3n) is 5.60. The van der Waals surface area contributed by atoms with E-state index in [-0.39, 0.29) is 12.1 Å². The minimum Gasteiger partial charge on any atom is -0.493 e. The highest BCUT2D eigenvalue weighted by Gasteiger charge is 2.33. The molecule has 1 aromatic heterocycles. The molecule has 1 atom stereocenters. The molecule has 31 heavy (non-hydrogen) atoms. The fourth-order valence-electron chi connectivity index (χ4n) is 4.04. The second kappa shape index (κ2) is 8.63. The van der Waals surface area contributed by atoms with Crippen LogP contribution in [0.15, 0.2) is 54.7 Å². The molecule has 0 spiro atoms. The summed E-state index contributed by atoms with van der Waals surface area (Å²) in [7, 11) is 4.76. The zero-order valence-corrected chi connectivity index (χ0v) is 18.2. The summed E-state index contributed by atoms with van der Waals surface area (Å²) in [6.45, 7) is 3.32. The minimum absolute atomic E-state index is 0.157. The molecular weight excluding hydrogens is 394 g/mol. The van der Waals surface area contributed by atoms with Gasteiger partial charge < -0.3 is 29.0 Å². The lowest BCUT2D eigenvalue weighted by Crippen LogP contribution is -2.44. The number of carbonyl (C=O) groups is 1. The first-order valence-corrected chi connectivity index (χ1v) is 10.1. The molecule has 4 rings (SSSR count). The molecule has 0 radical (unpaired) electrons. The normalized spacial score (nSPS) is 15.2. The summed E-state index contributed by atoms with van der Waals surface area (Å²) in [5.74, 6) is 1.63. The molecule has 0 saturated heterocycles. The molecule has 0 unspecified atom stereocenters. The van der Waals surface area contributed by atoms with Crippen LogP contribution < -0.4 is 19.5 Å². The van der Waals surface area contributed by atoms with Crippen LogP contribution in [0, 0.1) is 6.92 Å². The number of nitrogens with zero attached hydrogens (tertiary/aromatic N) is 2.